The summed E-state index contributed by atoms with van der Waals surface area (Å²) in [5.41, 5.74) is 2.07. The second-order valence-corrected chi connectivity index (χ2v) is 9.14. The van der Waals surface area contributed by atoms with E-state index >= 15 is 0 Å². The van der Waals surface area contributed by atoms with Crippen LogP contribution in [0.3, 0.4) is 0 Å². The van der Waals surface area contributed by atoms with E-state index in [1.807, 2.05) is 12.1 Å². The minimum Gasteiger partial charge on any atom is -0.370 e. The molecule has 1 fully saturated rings. The summed E-state index contributed by atoms with van der Waals surface area (Å²) >= 11 is 6.17. The number of nitrogens with zero attached hydrogens (tertiary/aromatic N) is 3. The second-order valence-electron chi connectivity index (χ2n) is 6.99. The Labute approximate surface area is 174 Å². The number of rotatable bonds is 4. The van der Waals surface area contributed by atoms with Gasteiger partial charge >= 0.3 is 0 Å². The highest BCUT2D eigenvalue weighted by molar-refractivity contribution is 7.89. The number of fused-ring (bicyclic) bond motifs is 1. The quantitative estimate of drug-likeness (QED) is 0.687. The summed E-state index contributed by atoms with van der Waals surface area (Å²) in [4.78, 5) is 6.73. The first kappa shape index (κ1) is 19.6. The number of piperidine rings is 1. The molecule has 6 nitrogen and oxygen atoms in total. The number of sulfonamides is 1. The van der Waals surface area contributed by atoms with Crippen LogP contribution in [0.5, 0.6) is 0 Å². The molecule has 3 aromatic rings. The minimum atomic E-state index is -3.54. The molecule has 0 saturated carbocycles. The fourth-order valence-corrected chi connectivity index (χ4v) is 5.18. The summed E-state index contributed by atoms with van der Waals surface area (Å²) in [6.07, 6.45) is 2.86. The molecule has 1 saturated heterocycles. The van der Waals surface area contributed by atoms with Crippen molar-refractivity contribution in [3.63, 3.8) is 0 Å². The van der Waals surface area contributed by atoms with E-state index in [9.17, 15) is 13.7 Å². The van der Waals surface area contributed by atoms with Crippen LogP contribution in [0.2, 0.25) is 5.02 Å². The van der Waals surface area contributed by atoms with Crippen molar-refractivity contribution >= 4 is 38.2 Å². The van der Waals surface area contributed by atoms with E-state index in [1.165, 1.54) is 0 Å². The molecule has 0 spiro atoms. The lowest BCUT2D eigenvalue weighted by molar-refractivity contribution is 0.460. The minimum absolute atomic E-state index is 0.154. The molecule has 29 heavy (non-hydrogen) atoms. The molecule has 1 N–H and O–H groups in total. The highest BCUT2D eigenvalue weighted by atomic mass is 35.5. The number of nitrogens with one attached hydrogen (secondary N) is 1. The summed E-state index contributed by atoms with van der Waals surface area (Å²) in [6, 6.07) is 15.9. The van der Waals surface area contributed by atoms with Crippen molar-refractivity contribution in [2.75, 3.05) is 18.0 Å². The van der Waals surface area contributed by atoms with Gasteiger partial charge in [0.25, 0.3) is 0 Å². The van der Waals surface area contributed by atoms with Crippen LogP contribution in [-0.4, -0.2) is 32.5 Å². The Kier molecular flexibility index (Phi) is 5.41. The fourth-order valence-electron chi connectivity index (χ4n) is 3.68. The van der Waals surface area contributed by atoms with Gasteiger partial charge in [0.05, 0.1) is 21.7 Å². The normalized spacial score (nSPS) is 15.4. The number of anilines is 1. The number of benzene rings is 2. The number of halogens is 1. The third kappa shape index (κ3) is 4.06. The topological polar surface area (TPSA) is 86.1 Å². The van der Waals surface area contributed by atoms with Crippen molar-refractivity contribution < 1.29 is 8.42 Å². The van der Waals surface area contributed by atoms with E-state index in [0.29, 0.717) is 36.5 Å². The lowest BCUT2D eigenvalue weighted by atomic mass is 10.0. The molecule has 0 amide bonds. The SMILES string of the molecule is N#Cc1cnc2ccc(Cl)cc2c1N1CCC(NS(=O)(=O)c2ccccc2)CC1. The smallest absolute Gasteiger partial charge is 0.240 e. The molecule has 1 aliphatic heterocycles. The van der Waals surface area contributed by atoms with Gasteiger partial charge in [0, 0.05) is 35.7 Å². The predicted octanol–water partition coefficient (Wildman–Crippen LogP) is 3.71. The molecule has 0 radical (unpaired) electrons. The molecule has 0 unspecified atom stereocenters. The first-order valence-corrected chi connectivity index (χ1v) is 11.1. The van der Waals surface area contributed by atoms with E-state index in [0.717, 1.165) is 16.6 Å². The van der Waals surface area contributed by atoms with Gasteiger partial charge in [0.15, 0.2) is 0 Å². The number of aromatic nitrogens is 1. The number of hydrogen-bond donors (Lipinski definition) is 1. The van der Waals surface area contributed by atoms with Crippen LogP contribution < -0.4 is 9.62 Å². The van der Waals surface area contributed by atoms with Gasteiger partial charge in [-0.05, 0) is 43.2 Å². The van der Waals surface area contributed by atoms with E-state index < -0.39 is 10.0 Å². The Morgan fingerprint density at radius 2 is 1.86 bits per heavy atom. The van der Waals surface area contributed by atoms with E-state index in [4.69, 9.17) is 11.6 Å². The predicted molar refractivity (Wildman–Crippen MR) is 113 cm³/mol. The Bertz CT molecular complexity index is 1180. The molecule has 1 aliphatic rings. The lowest BCUT2D eigenvalue weighted by Gasteiger charge is -2.34. The molecule has 2 heterocycles. The van der Waals surface area contributed by atoms with Crippen LogP contribution in [0.1, 0.15) is 18.4 Å². The summed E-state index contributed by atoms with van der Waals surface area (Å²) in [7, 11) is -3.54. The van der Waals surface area contributed by atoms with Crippen LogP contribution in [0.15, 0.2) is 59.6 Å². The average molecular weight is 427 g/mol. The summed E-state index contributed by atoms with van der Waals surface area (Å²) in [5.74, 6) is 0. The van der Waals surface area contributed by atoms with E-state index in [1.54, 1.807) is 42.6 Å². The maximum Gasteiger partial charge on any atom is 0.240 e. The zero-order valence-electron chi connectivity index (χ0n) is 15.5. The van der Waals surface area contributed by atoms with Crippen molar-refractivity contribution in [1.82, 2.24) is 9.71 Å². The lowest BCUT2D eigenvalue weighted by Crippen LogP contribution is -2.44. The Morgan fingerprint density at radius 1 is 1.14 bits per heavy atom. The van der Waals surface area contributed by atoms with Gasteiger partial charge in [-0.2, -0.15) is 5.26 Å². The van der Waals surface area contributed by atoms with Gasteiger partial charge in [-0.1, -0.05) is 29.8 Å². The van der Waals surface area contributed by atoms with Crippen LogP contribution in [0, 0.1) is 11.3 Å². The van der Waals surface area contributed by atoms with Crippen LogP contribution in [0.4, 0.5) is 5.69 Å². The third-order valence-electron chi connectivity index (χ3n) is 5.11. The molecule has 0 aliphatic carbocycles. The molecule has 2 aromatic carbocycles. The van der Waals surface area contributed by atoms with Gasteiger partial charge < -0.3 is 4.90 Å². The second kappa shape index (κ2) is 7.99. The van der Waals surface area contributed by atoms with Crippen molar-refractivity contribution in [3.05, 3.63) is 65.3 Å². The standard InChI is InChI=1S/C21H19ClN4O2S/c22-16-6-7-20-19(12-16)21(15(13-23)14-24-20)26-10-8-17(9-11-26)25-29(27,28)18-4-2-1-3-5-18/h1-7,12,14,17,25H,8-11H2. The summed E-state index contributed by atoms with van der Waals surface area (Å²) < 4.78 is 28.0. The Morgan fingerprint density at radius 3 is 2.55 bits per heavy atom. The summed E-state index contributed by atoms with van der Waals surface area (Å²) in [6.45, 7) is 1.25. The third-order valence-corrected chi connectivity index (χ3v) is 6.88. The molecule has 148 valence electrons. The summed E-state index contributed by atoms with van der Waals surface area (Å²) in [5, 5.41) is 11.0. The van der Waals surface area contributed by atoms with Gasteiger partial charge in [0.2, 0.25) is 10.0 Å². The van der Waals surface area contributed by atoms with Gasteiger partial charge in [-0.25, -0.2) is 13.1 Å². The van der Waals surface area contributed by atoms with Crippen molar-refractivity contribution in [2.24, 2.45) is 0 Å². The molecule has 8 heteroatoms. The molecule has 4 rings (SSSR count). The molecule has 0 atom stereocenters. The Hall–Kier alpha value is -2.66. The van der Waals surface area contributed by atoms with Gasteiger partial charge in [0.1, 0.15) is 6.07 Å². The van der Waals surface area contributed by atoms with E-state index in [-0.39, 0.29) is 10.9 Å². The molecule has 0 bridgehead atoms. The zero-order valence-corrected chi connectivity index (χ0v) is 17.1. The highest BCUT2D eigenvalue weighted by Crippen LogP contribution is 2.33. The van der Waals surface area contributed by atoms with Crippen LogP contribution in [-0.2, 0) is 10.0 Å². The highest BCUT2D eigenvalue weighted by Gasteiger charge is 2.26. The monoisotopic (exact) mass is 426 g/mol. The van der Waals surface area contributed by atoms with Gasteiger partial charge in [-0.3, -0.25) is 4.98 Å². The first-order valence-electron chi connectivity index (χ1n) is 9.28. The number of hydrogen-bond acceptors (Lipinski definition) is 5. The van der Waals surface area contributed by atoms with Crippen molar-refractivity contribution in [3.8, 4) is 6.07 Å². The Balaban J connectivity index is 1.55. The van der Waals surface area contributed by atoms with Gasteiger partial charge in [-0.15, -0.1) is 0 Å². The number of pyridine rings is 1. The van der Waals surface area contributed by atoms with Crippen LogP contribution >= 0.6 is 11.6 Å². The maximum absolute atomic E-state index is 12.6. The van der Waals surface area contributed by atoms with Crippen molar-refractivity contribution in [2.45, 2.75) is 23.8 Å². The number of nitriles is 1. The average Bonchev–Trinajstić information content (AvgIpc) is 2.74. The van der Waals surface area contributed by atoms with Crippen molar-refractivity contribution in [1.29, 1.82) is 5.26 Å². The molecular weight excluding hydrogens is 408 g/mol. The maximum atomic E-state index is 12.6. The molecule has 1 aromatic heterocycles. The van der Waals surface area contributed by atoms with Crippen LogP contribution in [0.25, 0.3) is 10.9 Å². The fraction of sp³-hybridized carbons (Fsp3) is 0.238. The zero-order chi connectivity index (χ0) is 20.4. The first-order chi connectivity index (χ1) is 14.0. The largest absolute Gasteiger partial charge is 0.370 e. The molecular formula is C21H19ClN4O2S. The van der Waals surface area contributed by atoms with E-state index in [2.05, 4.69) is 20.7 Å².